The van der Waals surface area contributed by atoms with Gasteiger partial charge in [-0.1, -0.05) is 0 Å². The van der Waals surface area contributed by atoms with Crippen molar-refractivity contribution in [3.05, 3.63) is 63.6 Å². The number of hydrogen-bond acceptors (Lipinski definition) is 10. The highest BCUT2D eigenvalue weighted by Crippen LogP contribution is 2.57. The topological polar surface area (TPSA) is 189 Å². The van der Waals surface area contributed by atoms with E-state index in [0.717, 1.165) is 6.08 Å². The summed E-state index contributed by atoms with van der Waals surface area (Å²) in [6, 6.07) is 4.24. The molecule has 208 valence electrons. The number of methoxy groups -OCH3 is 1. The number of ketones is 3. The Morgan fingerprint density at radius 1 is 1.10 bits per heavy atom. The molecule has 0 fully saturated rings. The first-order chi connectivity index (χ1) is 18.7. The number of ether oxygens (including phenoxy) is 2. The first-order valence-electron chi connectivity index (χ1n) is 12.0. The Kier molecular flexibility index (Phi) is 6.89. The minimum atomic E-state index is -1.70. The number of rotatable bonds is 7. The Labute approximate surface area is 227 Å². The Morgan fingerprint density at radius 2 is 1.77 bits per heavy atom. The van der Waals surface area contributed by atoms with Crippen molar-refractivity contribution >= 4 is 34.9 Å². The van der Waals surface area contributed by atoms with Crippen LogP contribution in [0.4, 0.5) is 5.69 Å². The number of allylic oxidation sites excluding steroid dienone is 4. The molecular weight excluding hydrogens is 524 g/mol. The lowest BCUT2D eigenvalue weighted by atomic mass is 9.70. The fraction of sp³-hybridized carbons (Fsp3) is 0.250. The second kappa shape index (κ2) is 9.88. The monoisotopic (exact) mass is 550 g/mol. The highest BCUT2D eigenvalue weighted by atomic mass is 16.5. The van der Waals surface area contributed by atoms with Crippen LogP contribution in [-0.2, 0) is 19.8 Å². The second-order valence-electron chi connectivity index (χ2n) is 9.50. The molecule has 4 rings (SSSR count). The molecule has 0 bridgehead atoms. The van der Waals surface area contributed by atoms with Gasteiger partial charge in [0.1, 0.15) is 46.3 Å². The number of nitrogens with one attached hydrogen (secondary N) is 2. The van der Waals surface area contributed by atoms with E-state index in [-0.39, 0.29) is 56.5 Å². The number of carbonyl (C=O) groups is 5. The van der Waals surface area contributed by atoms with Gasteiger partial charge >= 0.3 is 5.97 Å². The van der Waals surface area contributed by atoms with Gasteiger partial charge in [-0.25, -0.2) is 0 Å². The van der Waals surface area contributed by atoms with Gasteiger partial charge in [0.25, 0.3) is 5.91 Å². The van der Waals surface area contributed by atoms with Crippen molar-refractivity contribution in [2.24, 2.45) is 0 Å². The number of anilines is 1. The lowest BCUT2D eigenvalue weighted by Gasteiger charge is -2.29. The standard InChI is InChI=1S/C28H26N2O10/c1-11-23(35)21(13(3)31)25-22(24(11)36)28(4)18(40-25)9-16(32)20(26(28)37)12(2)30-15-8-14(6-7-17(15)39-5)27(38)29-10-19(33)34/h6-9,30,35-36H,10H2,1-5H3,(H,29,38)(H,33,34)/t28-/m0/s1. The normalized spacial score (nSPS) is 18.7. The van der Waals surface area contributed by atoms with Gasteiger partial charge in [0.2, 0.25) is 0 Å². The minimum absolute atomic E-state index is 0.0252. The van der Waals surface area contributed by atoms with Crippen LogP contribution in [-0.4, -0.2) is 58.2 Å². The fourth-order valence-corrected chi connectivity index (χ4v) is 4.83. The fourth-order valence-electron chi connectivity index (χ4n) is 4.83. The SMILES string of the molecule is COc1ccc(C(=O)NCC(=O)O)cc1NC(C)=C1C(=O)C=C2Oc3c(C(C)=O)c(O)c(C)c(O)c3[C@@]2(C)C1=O. The summed E-state index contributed by atoms with van der Waals surface area (Å²) >= 11 is 0. The summed E-state index contributed by atoms with van der Waals surface area (Å²) in [7, 11) is 1.38. The highest BCUT2D eigenvalue weighted by molar-refractivity contribution is 6.31. The third kappa shape index (κ3) is 4.23. The number of Topliss-reactive ketones (excluding diaryl/α,β-unsaturated/α-hetero) is 2. The van der Waals surface area contributed by atoms with Crippen molar-refractivity contribution in [3.63, 3.8) is 0 Å². The van der Waals surface area contributed by atoms with E-state index < -0.39 is 52.7 Å². The molecule has 0 unspecified atom stereocenters. The van der Waals surface area contributed by atoms with Gasteiger partial charge in [-0.15, -0.1) is 0 Å². The molecule has 1 aliphatic carbocycles. The third-order valence-electron chi connectivity index (χ3n) is 6.94. The van der Waals surface area contributed by atoms with Crippen LogP contribution in [0.2, 0.25) is 0 Å². The average Bonchev–Trinajstić information content (AvgIpc) is 3.18. The van der Waals surface area contributed by atoms with E-state index in [2.05, 4.69) is 10.6 Å². The van der Waals surface area contributed by atoms with Crippen molar-refractivity contribution in [1.29, 1.82) is 0 Å². The van der Waals surface area contributed by atoms with E-state index in [1.807, 2.05) is 0 Å². The van der Waals surface area contributed by atoms with Gasteiger partial charge in [-0.2, -0.15) is 0 Å². The summed E-state index contributed by atoms with van der Waals surface area (Å²) in [6.45, 7) is 4.90. The zero-order chi connectivity index (χ0) is 29.7. The largest absolute Gasteiger partial charge is 0.507 e. The predicted molar refractivity (Wildman–Crippen MR) is 140 cm³/mol. The van der Waals surface area contributed by atoms with E-state index in [0.29, 0.717) is 0 Å². The molecule has 1 amide bonds. The average molecular weight is 551 g/mol. The number of carboxylic acids is 1. The van der Waals surface area contributed by atoms with E-state index in [9.17, 15) is 34.2 Å². The number of carbonyl (C=O) groups excluding carboxylic acids is 4. The number of aliphatic carboxylic acids is 1. The first-order valence-corrected chi connectivity index (χ1v) is 12.0. The van der Waals surface area contributed by atoms with Crippen LogP contribution in [0.3, 0.4) is 0 Å². The van der Waals surface area contributed by atoms with Crippen LogP contribution >= 0.6 is 0 Å². The van der Waals surface area contributed by atoms with Crippen LogP contribution in [0.25, 0.3) is 0 Å². The summed E-state index contributed by atoms with van der Waals surface area (Å²) in [5.41, 5.74) is -1.88. The molecule has 2 aromatic carbocycles. The van der Waals surface area contributed by atoms with Gasteiger partial charge in [0.05, 0.1) is 23.9 Å². The van der Waals surface area contributed by atoms with E-state index in [1.54, 1.807) is 0 Å². The molecule has 2 aromatic rings. The van der Waals surface area contributed by atoms with Crippen molar-refractivity contribution < 1.29 is 48.8 Å². The lowest BCUT2D eigenvalue weighted by Crippen LogP contribution is -2.40. The molecular formula is C28H26N2O10. The Balaban J connectivity index is 1.81. The molecule has 2 aliphatic rings. The van der Waals surface area contributed by atoms with Gasteiger partial charge in [0, 0.05) is 22.9 Å². The van der Waals surface area contributed by atoms with Gasteiger partial charge < -0.3 is 35.4 Å². The molecule has 12 heteroatoms. The highest BCUT2D eigenvalue weighted by Gasteiger charge is 2.56. The third-order valence-corrected chi connectivity index (χ3v) is 6.94. The summed E-state index contributed by atoms with van der Waals surface area (Å²) in [5, 5.41) is 35.4. The summed E-state index contributed by atoms with van der Waals surface area (Å²) in [6.07, 6.45) is 1.09. The minimum Gasteiger partial charge on any atom is -0.507 e. The molecule has 0 saturated carbocycles. The molecule has 5 N–H and O–H groups in total. The molecule has 0 aromatic heterocycles. The first kappa shape index (κ1) is 27.9. The second-order valence-corrected chi connectivity index (χ2v) is 9.50. The molecule has 0 saturated heterocycles. The quantitative estimate of drug-likeness (QED) is 0.193. The number of carboxylic acid groups (broad SMARTS) is 1. The van der Waals surface area contributed by atoms with Crippen LogP contribution in [0.5, 0.6) is 23.0 Å². The van der Waals surface area contributed by atoms with Gasteiger partial charge in [0.15, 0.2) is 17.3 Å². The number of hydrogen-bond donors (Lipinski definition) is 5. The van der Waals surface area contributed by atoms with Crippen LogP contribution in [0, 0.1) is 6.92 Å². The zero-order valence-corrected chi connectivity index (χ0v) is 22.2. The molecule has 0 spiro atoms. The maximum Gasteiger partial charge on any atom is 0.322 e. The van der Waals surface area contributed by atoms with Crippen LogP contribution in [0.15, 0.2) is 41.3 Å². The number of phenols is 2. The summed E-state index contributed by atoms with van der Waals surface area (Å²) in [5.74, 6) is -4.88. The van der Waals surface area contributed by atoms with Crippen molar-refractivity contribution in [3.8, 4) is 23.0 Å². The number of amides is 1. The zero-order valence-electron chi connectivity index (χ0n) is 22.2. The summed E-state index contributed by atoms with van der Waals surface area (Å²) < 4.78 is 11.1. The van der Waals surface area contributed by atoms with Crippen molar-refractivity contribution in [1.82, 2.24) is 5.32 Å². The number of benzene rings is 2. The predicted octanol–water partition coefficient (Wildman–Crippen LogP) is 2.50. The summed E-state index contributed by atoms with van der Waals surface area (Å²) in [4.78, 5) is 62.7. The van der Waals surface area contributed by atoms with Crippen molar-refractivity contribution in [2.75, 3.05) is 19.0 Å². The Hall–Kier alpha value is -5.13. The maximum atomic E-state index is 14.0. The number of fused-ring (bicyclic) bond motifs is 3. The number of phenolic OH excluding ortho intramolecular Hbond substituents is 2. The molecule has 1 aliphatic heterocycles. The number of aromatic hydroxyl groups is 2. The lowest BCUT2D eigenvalue weighted by molar-refractivity contribution is -0.135. The molecule has 0 radical (unpaired) electrons. The van der Waals surface area contributed by atoms with E-state index in [1.165, 1.54) is 53.0 Å². The smallest absolute Gasteiger partial charge is 0.322 e. The Bertz CT molecular complexity index is 1600. The maximum absolute atomic E-state index is 14.0. The van der Waals surface area contributed by atoms with Crippen LogP contribution in [0.1, 0.15) is 52.6 Å². The van der Waals surface area contributed by atoms with Gasteiger partial charge in [-0.3, -0.25) is 24.0 Å². The molecule has 1 atom stereocenters. The van der Waals surface area contributed by atoms with E-state index in [4.69, 9.17) is 14.6 Å². The van der Waals surface area contributed by atoms with Gasteiger partial charge in [-0.05, 0) is 45.9 Å². The van der Waals surface area contributed by atoms with Crippen LogP contribution < -0.4 is 20.1 Å². The van der Waals surface area contributed by atoms with Crippen molar-refractivity contribution in [2.45, 2.75) is 33.1 Å². The van der Waals surface area contributed by atoms with E-state index >= 15 is 0 Å². The Morgan fingerprint density at radius 3 is 2.38 bits per heavy atom. The molecule has 40 heavy (non-hydrogen) atoms. The molecule has 1 heterocycles. The molecule has 12 nitrogen and oxygen atoms in total.